The molecule has 3 heteroatoms. The van der Waals surface area contributed by atoms with Crippen LogP contribution in [0.4, 0.5) is 0 Å². The molecule has 0 heterocycles. The van der Waals surface area contributed by atoms with Crippen LogP contribution in [0.25, 0.3) is 0 Å². The summed E-state index contributed by atoms with van der Waals surface area (Å²) in [7, 11) is 0. The summed E-state index contributed by atoms with van der Waals surface area (Å²) in [6, 6.07) is 0. The average Bonchev–Trinajstić information content (AvgIpc) is 1.89. The third-order valence-corrected chi connectivity index (χ3v) is 1.88. The molecule has 0 unspecified atom stereocenters. The van der Waals surface area contributed by atoms with E-state index in [4.69, 9.17) is 0 Å². The first-order chi connectivity index (χ1) is 4.41. The second-order valence-electron chi connectivity index (χ2n) is 1.64. The third-order valence-electron chi connectivity index (χ3n) is 0.863. The van der Waals surface area contributed by atoms with Gasteiger partial charge in [0.15, 0.2) is 0 Å². The summed E-state index contributed by atoms with van der Waals surface area (Å²) in [5.41, 5.74) is 0. The van der Waals surface area contributed by atoms with Gasteiger partial charge in [0, 0.05) is 0 Å². The van der Waals surface area contributed by atoms with Gasteiger partial charge in [-0.15, -0.1) is 11.8 Å². The molecule has 52 valence electrons. The van der Waals surface area contributed by atoms with Crippen molar-refractivity contribution in [2.45, 2.75) is 19.8 Å². The first-order valence-corrected chi connectivity index (χ1v) is 4.59. The minimum atomic E-state index is 0.781. The van der Waals surface area contributed by atoms with Crippen LogP contribution in [0.2, 0.25) is 0 Å². The second-order valence-corrected chi connectivity index (χ2v) is 2.90. The first kappa shape index (κ1) is 9.15. The summed E-state index contributed by atoms with van der Waals surface area (Å²) < 4.78 is 0. The van der Waals surface area contributed by atoms with Gasteiger partial charge in [-0.25, -0.2) is 4.99 Å². The average molecular weight is 161 g/mol. The standard InChI is InChI=1S/C6H11NS2/c1-2-3-4-9-6-7-5-8/h2-4,6H2,1H3. The van der Waals surface area contributed by atoms with Crippen LogP contribution in [-0.2, 0) is 0 Å². The molecule has 0 aliphatic heterocycles. The summed E-state index contributed by atoms with van der Waals surface area (Å²) in [5.74, 6) is 1.97. The Balaban J connectivity index is 2.82. The van der Waals surface area contributed by atoms with Crippen molar-refractivity contribution in [3.8, 4) is 0 Å². The van der Waals surface area contributed by atoms with Gasteiger partial charge in [0.2, 0.25) is 0 Å². The number of aliphatic imine (C=N–C) groups is 1. The van der Waals surface area contributed by atoms with Gasteiger partial charge in [-0.3, -0.25) is 0 Å². The number of thiocarbonyl (C=S) groups is 1. The van der Waals surface area contributed by atoms with Gasteiger partial charge in [0.05, 0.1) is 11.0 Å². The minimum Gasteiger partial charge on any atom is -0.222 e. The quantitative estimate of drug-likeness (QED) is 0.349. The molecule has 0 rings (SSSR count). The molecule has 0 aromatic rings. The van der Waals surface area contributed by atoms with Gasteiger partial charge in [-0.2, -0.15) is 0 Å². The maximum absolute atomic E-state index is 4.40. The van der Waals surface area contributed by atoms with Crippen LogP contribution >= 0.6 is 24.0 Å². The highest BCUT2D eigenvalue weighted by Gasteiger charge is 1.82. The highest BCUT2D eigenvalue weighted by Crippen LogP contribution is 2.03. The lowest BCUT2D eigenvalue weighted by Crippen LogP contribution is -1.77. The number of hydrogen-bond acceptors (Lipinski definition) is 3. The zero-order chi connectivity index (χ0) is 6.95. The Morgan fingerprint density at radius 2 is 2.44 bits per heavy atom. The number of hydrogen-bond donors (Lipinski definition) is 0. The molecule has 0 saturated carbocycles. The third kappa shape index (κ3) is 8.15. The molecule has 0 radical (unpaired) electrons. The predicted octanol–water partition coefficient (Wildman–Crippen LogP) is 2.58. The van der Waals surface area contributed by atoms with Crippen LogP contribution in [0, 0.1) is 0 Å². The van der Waals surface area contributed by atoms with Crippen molar-refractivity contribution in [1.82, 2.24) is 0 Å². The van der Waals surface area contributed by atoms with E-state index >= 15 is 0 Å². The van der Waals surface area contributed by atoms with E-state index in [1.54, 1.807) is 11.8 Å². The lowest BCUT2D eigenvalue weighted by Gasteiger charge is -1.91. The molecule has 0 amide bonds. The molecule has 0 aromatic heterocycles. The fourth-order valence-corrected chi connectivity index (χ4v) is 1.31. The Bertz CT molecular complexity index is 97.2. The maximum atomic E-state index is 4.40. The fraction of sp³-hybridized carbons (Fsp3) is 0.833. The van der Waals surface area contributed by atoms with E-state index in [1.165, 1.54) is 18.6 Å². The molecule has 9 heavy (non-hydrogen) atoms. The zero-order valence-corrected chi connectivity index (χ0v) is 7.23. The van der Waals surface area contributed by atoms with Gasteiger partial charge >= 0.3 is 0 Å². The van der Waals surface area contributed by atoms with Crippen molar-refractivity contribution < 1.29 is 0 Å². The van der Waals surface area contributed by atoms with Gasteiger partial charge in [0.25, 0.3) is 0 Å². The van der Waals surface area contributed by atoms with E-state index in [-0.39, 0.29) is 0 Å². The van der Waals surface area contributed by atoms with Crippen LogP contribution in [0.15, 0.2) is 4.99 Å². The van der Waals surface area contributed by atoms with Gasteiger partial charge in [-0.05, 0) is 24.4 Å². The fourth-order valence-electron chi connectivity index (χ4n) is 0.383. The van der Waals surface area contributed by atoms with Crippen molar-refractivity contribution >= 4 is 29.1 Å². The normalized spacial score (nSPS) is 8.56. The van der Waals surface area contributed by atoms with E-state index in [2.05, 4.69) is 29.3 Å². The molecule has 0 fully saturated rings. The Labute approximate surface area is 65.9 Å². The number of unbranched alkanes of at least 4 members (excludes halogenated alkanes) is 1. The largest absolute Gasteiger partial charge is 0.222 e. The molecule has 0 atom stereocenters. The minimum absolute atomic E-state index is 0.781. The Hall–Kier alpha value is 0.150. The zero-order valence-electron chi connectivity index (χ0n) is 5.59. The van der Waals surface area contributed by atoms with Crippen molar-refractivity contribution in [2.75, 3.05) is 11.6 Å². The summed E-state index contributed by atoms with van der Waals surface area (Å²) in [5, 5.41) is 2.33. The highest BCUT2D eigenvalue weighted by molar-refractivity contribution is 7.99. The molecule has 0 aliphatic rings. The molecule has 0 saturated heterocycles. The van der Waals surface area contributed by atoms with E-state index in [9.17, 15) is 0 Å². The van der Waals surface area contributed by atoms with Gasteiger partial charge in [-0.1, -0.05) is 13.3 Å². The lowest BCUT2D eigenvalue weighted by atomic mass is 10.4. The SMILES string of the molecule is CCCCSCN=C=S. The molecule has 1 nitrogen and oxygen atoms in total. The molecule has 0 bridgehead atoms. The molecule has 0 aromatic carbocycles. The molecular formula is C6H11NS2. The van der Waals surface area contributed by atoms with Crippen LogP contribution in [0.3, 0.4) is 0 Å². The summed E-state index contributed by atoms with van der Waals surface area (Å²) in [6.07, 6.45) is 2.53. The van der Waals surface area contributed by atoms with E-state index < -0.39 is 0 Å². The number of thioether (sulfide) groups is 1. The monoisotopic (exact) mass is 161 g/mol. The smallest absolute Gasteiger partial charge is 0.0947 e. The predicted molar refractivity (Wildman–Crippen MR) is 47.3 cm³/mol. The lowest BCUT2D eigenvalue weighted by molar-refractivity contribution is 0.896. The number of rotatable bonds is 5. The highest BCUT2D eigenvalue weighted by atomic mass is 32.2. The van der Waals surface area contributed by atoms with Crippen molar-refractivity contribution in [2.24, 2.45) is 4.99 Å². The van der Waals surface area contributed by atoms with Crippen LogP contribution in [0.5, 0.6) is 0 Å². The Morgan fingerprint density at radius 3 is 3.00 bits per heavy atom. The van der Waals surface area contributed by atoms with Gasteiger partial charge < -0.3 is 0 Å². The van der Waals surface area contributed by atoms with E-state index in [0.717, 1.165) is 5.88 Å². The first-order valence-electron chi connectivity index (χ1n) is 3.03. The molecule has 0 spiro atoms. The van der Waals surface area contributed by atoms with E-state index in [1.807, 2.05) is 0 Å². The Morgan fingerprint density at radius 1 is 1.67 bits per heavy atom. The van der Waals surface area contributed by atoms with Crippen LogP contribution in [0.1, 0.15) is 19.8 Å². The Kier molecular flexibility index (Phi) is 8.29. The van der Waals surface area contributed by atoms with Crippen LogP contribution < -0.4 is 0 Å². The molecule has 0 aliphatic carbocycles. The number of isothiocyanates is 1. The van der Waals surface area contributed by atoms with Crippen molar-refractivity contribution in [3.05, 3.63) is 0 Å². The van der Waals surface area contributed by atoms with Crippen LogP contribution in [-0.4, -0.2) is 16.8 Å². The molecular weight excluding hydrogens is 150 g/mol. The second kappa shape index (κ2) is 8.15. The summed E-state index contributed by atoms with van der Waals surface area (Å²) in [4.78, 5) is 3.77. The summed E-state index contributed by atoms with van der Waals surface area (Å²) >= 11 is 6.21. The molecule has 0 N–H and O–H groups in total. The van der Waals surface area contributed by atoms with Crippen molar-refractivity contribution in [3.63, 3.8) is 0 Å². The van der Waals surface area contributed by atoms with Crippen molar-refractivity contribution in [1.29, 1.82) is 0 Å². The van der Waals surface area contributed by atoms with E-state index in [0.29, 0.717) is 0 Å². The number of nitrogens with zero attached hydrogens (tertiary/aromatic N) is 1. The van der Waals surface area contributed by atoms with Gasteiger partial charge in [0.1, 0.15) is 0 Å². The topological polar surface area (TPSA) is 12.4 Å². The maximum Gasteiger partial charge on any atom is 0.0947 e. The summed E-state index contributed by atoms with van der Waals surface area (Å²) in [6.45, 7) is 2.18.